The number of nitrogens with zero attached hydrogens (tertiary/aromatic N) is 2. The van der Waals surface area contributed by atoms with E-state index in [9.17, 15) is 19.1 Å². The molecule has 0 spiro atoms. The highest BCUT2D eigenvalue weighted by molar-refractivity contribution is 7.12. The quantitative estimate of drug-likeness (QED) is 0.790. The number of hydrogen-bond acceptors (Lipinski definition) is 4. The van der Waals surface area contributed by atoms with E-state index in [2.05, 4.69) is 4.98 Å². The molecule has 0 aliphatic heterocycles. The van der Waals surface area contributed by atoms with Gasteiger partial charge in [0.1, 0.15) is 5.82 Å². The lowest BCUT2D eigenvalue weighted by molar-refractivity contribution is 0.0697. The van der Waals surface area contributed by atoms with Gasteiger partial charge in [-0.15, -0.1) is 11.3 Å². The Morgan fingerprint density at radius 3 is 2.81 bits per heavy atom. The molecule has 3 rings (SSSR count). The van der Waals surface area contributed by atoms with Gasteiger partial charge in [0, 0.05) is 22.7 Å². The maximum absolute atomic E-state index is 14.0. The van der Waals surface area contributed by atoms with Crippen molar-refractivity contribution in [1.29, 1.82) is 0 Å². The molecule has 1 aromatic carbocycles. The second kappa shape index (κ2) is 4.78. The number of hydrogen-bond donors (Lipinski definition) is 1. The zero-order chi connectivity index (χ0) is 15.1. The highest BCUT2D eigenvalue weighted by Crippen LogP contribution is 2.24. The van der Waals surface area contributed by atoms with Crippen molar-refractivity contribution in [3.8, 4) is 5.13 Å². The molecule has 1 N–H and O–H groups in total. The molecule has 21 heavy (non-hydrogen) atoms. The molecule has 0 unspecified atom stereocenters. The fourth-order valence-electron chi connectivity index (χ4n) is 2.35. The molecule has 5 nitrogen and oxygen atoms in total. The number of thiazole rings is 1. The zero-order valence-corrected chi connectivity index (χ0v) is 11.6. The van der Waals surface area contributed by atoms with Crippen LogP contribution >= 0.6 is 11.3 Å². The topological polar surface area (TPSA) is 72.2 Å². The van der Waals surface area contributed by atoms with Crippen LogP contribution in [-0.4, -0.2) is 20.6 Å². The monoisotopic (exact) mass is 304 g/mol. The van der Waals surface area contributed by atoms with Gasteiger partial charge >= 0.3 is 5.97 Å². The molecule has 0 amide bonds. The highest BCUT2D eigenvalue weighted by Gasteiger charge is 2.22. The SMILES string of the molecule is Cc1c(C(=O)O)c2cccc(F)c2c(=O)n1-c1nccs1. The third kappa shape index (κ3) is 1.93. The molecule has 0 bridgehead atoms. The van der Waals surface area contributed by atoms with E-state index in [0.717, 1.165) is 10.6 Å². The molecule has 106 valence electrons. The number of carboxylic acids is 1. The third-order valence-electron chi connectivity index (χ3n) is 3.22. The number of carbonyl (C=O) groups is 1. The molecule has 7 heteroatoms. The highest BCUT2D eigenvalue weighted by atomic mass is 32.1. The average Bonchev–Trinajstić information content (AvgIpc) is 2.92. The number of aromatic nitrogens is 2. The molecule has 0 atom stereocenters. The van der Waals surface area contributed by atoms with Crippen molar-refractivity contribution in [3.63, 3.8) is 0 Å². The summed E-state index contributed by atoms with van der Waals surface area (Å²) in [6.45, 7) is 1.51. The van der Waals surface area contributed by atoms with Crippen LogP contribution in [0.15, 0.2) is 34.6 Å². The van der Waals surface area contributed by atoms with Crippen molar-refractivity contribution >= 4 is 28.1 Å². The van der Waals surface area contributed by atoms with Gasteiger partial charge in [0.2, 0.25) is 0 Å². The van der Waals surface area contributed by atoms with Gasteiger partial charge in [-0.05, 0) is 13.0 Å². The Morgan fingerprint density at radius 1 is 1.43 bits per heavy atom. The average molecular weight is 304 g/mol. The number of halogens is 1. The van der Waals surface area contributed by atoms with Crippen LogP contribution in [0.25, 0.3) is 15.9 Å². The molecular weight excluding hydrogens is 295 g/mol. The standard InChI is InChI=1S/C14H9FN2O3S/c1-7-10(13(19)20)8-3-2-4-9(15)11(8)12(18)17(7)14-16-5-6-21-14/h2-6H,1H3,(H,19,20). The lowest BCUT2D eigenvalue weighted by atomic mass is 10.0. The molecular formula is C14H9FN2O3S. The lowest BCUT2D eigenvalue weighted by Gasteiger charge is -2.13. The van der Waals surface area contributed by atoms with Gasteiger partial charge in [-0.2, -0.15) is 0 Å². The van der Waals surface area contributed by atoms with Crippen molar-refractivity contribution in [2.75, 3.05) is 0 Å². The molecule has 0 radical (unpaired) electrons. The van der Waals surface area contributed by atoms with Crippen molar-refractivity contribution < 1.29 is 14.3 Å². The van der Waals surface area contributed by atoms with Crippen molar-refractivity contribution in [2.45, 2.75) is 6.92 Å². The van der Waals surface area contributed by atoms with E-state index in [1.165, 1.54) is 36.6 Å². The summed E-state index contributed by atoms with van der Waals surface area (Å²) >= 11 is 1.18. The number of fused-ring (bicyclic) bond motifs is 1. The largest absolute Gasteiger partial charge is 0.478 e. The maximum atomic E-state index is 14.0. The van der Waals surface area contributed by atoms with Gasteiger partial charge in [-0.3, -0.25) is 9.36 Å². The first kappa shape index (κ1) is 13.4. The van der Waals surface area contributed by atoms with Gasteiger partial charge < -0.3 is 5.11 Å². The fraction of sp³-hybridized carbons (Fsp3) is 0.0714. The second-order valence-corrected chi connectivity index (χ2v) is 5.26. The first-order valence-electron chi connectivity index (χ1n) is 5.99. The van der Waals surface area contributed by atoms with Gasteiger partial charge in [0.25, 0.3) is 5.56 Å². The molecule has 0 aliphatic rings. The van der Waals surface area contributed by atoms with Crippen LogP contribution in [-0.2, 0) is 0 Å². The van der Waals surface area contributed by atoms with Gasteiger partial charge in [-0.1, -0.05) is 12.1 Å². The summed E-state index contributed by atoms with van der Waals surface area (Å²) < 4.78 is 15.2. The Balaban J connectivity index is 2.59. The first-order valence-corrected chi connectivity index (χ1v) is 6.87. The molecule has 0 saturated heterocycles. The van der Waals surface area contributed by atoms with Crippen LogP contribution in [0, 0.1) is 12.7 Å². The smallest absolute Gasteiger partial charge is 0.338 e. The van der Waals surface area contributed by atoms with Gasteiger partial charge in [-0.25, -0.2) is 14.2 Å². The minimum absolute atomic E-state index is 0.0952. The molecule has 0 fully saturated rings. The molecule has 2 aromatic heterocycles. The molecule has 0 aliphatic carbocycles. The predicted octanol–water partition coefficient (Wildman–Crippen LogP) is 2.59. The van der Waals surface area contributed by atoms with Crippen LogP contribution < -0.4 is 5.56 Å². The van der Waals surface area contributed by atoms with Crippen LogP contribution in [0.2, 0.25) is 0 Å². The second-order valence-electron chi connectivity index (χ2n) is 4.38. The summed E-state index contributed by atoms with van der Waals surface area (Å²) in [4.78, 5) is 28.1. The van der Waals surface area contributed by atoms with Crippen LogP contribution in [0.1, 0.15) is 16.1 Å². The zero-order valence-electron chi connectivity index (χ0n) is 10.8. The Hall–Kier alpha value is -2.54. The first-order chi connectivity index (χ1) is 10.0. The van der Waals surface area contributed by atoms with Gasteiger partial charge in [0.05, 0.1) is 10.9 Å². The number of rotatable bonds is 2. The van der Waals surface area contributed by atoms with E-state index in [-0.39, 0.29) is 22.0 Å². The van der Waals surface area contributed by atoms with E-state index >= 15 is 0 Å². The number of benzene rings is 1. The molecule has 2 heterocycles. The Kier molecular flexibility index (Phi) is 3.06. The van der Waals surface area contributed by atoms with Crippen LogP contribution in [0.4, 0.5) is 4.39 Å². The summed E-state index contributed by atoms with van der Waals surface area (Å²) in [7, 11) is 0. The normalized spacial score (nSPS) is 11.0. The third-order valence-corrected chi connectivity index (χ3v) is 3.98. The fourth-order valence-corrected chi connectivity index (χ4v) is 3.04. The summed E-state index contributed by atoms with van der Waals surface area (Å²) in [6, 6.07) is 3.95. The number of aromatic carboxylic acids is 1. The van der Waals surface area contributed by atoms with E-state index in [1.54, 1.807) is 5.38 Å². The Bertz CT molecular complexity index is 916. The minimum Gasteiger partial charge on any atom is -0.478 e. The summed E-state index contributed by atoms with van der Waals surface area (Å²) in [6.07, 6.45) is 1.50. The van der Waals surface area contributed by atoms with Crippen LogP contribution in [0.5, 0.6) is 0 Å². The van der Waals surface area contributed by atoms with Crippen molar-refractivity contribution in [1.82, 2.24) is 9.55 Å². The summed E-state index contributed by atoms with van der Waals surface area (Å²) in [5, 5.41) is 11.2. The summed E-state index contributed by atoms with van der Waals surface area (Å²) in [5.74, 6) is -1.96. The Labute approximate surface area is 121 Å². The minimum atomic E-state index is -1.21. The van der Waals surface area contributed by atoms with E-state index < -0.39 is 17.3 Å². The Morgan fingerprint density at radius 2 is 2.19 bits per heavy atom. The van der Waals surface area contributed by atoms with E-state index in [0.29, 0.717) is 5.13 Å². The lowest BCUT2D eigenvalue weighted by Crippen LogP contribution is -2.24. The van der Waals surface area contributed by atoms with Crippen molar-refractivity contribution in [3.05, 3.63) is 57.2 Å². The van der Waals surface area contributed by atoms with Crippen molar-refractivity contribution in [2.24, 2.45) is 0 Å². The molecule has 0 saturated carbocycles. The maximum Gasteiger partial charge on any atom is 0.338 e. The number of carboxylic acid groups (broad SMARTS) is 1. The van der Waals surface area contributed by atoms with Gasteiger partial charge in [0.15, 0.2) is 5.13 Å². The number of pyridine rings is 1. The predicted molar refractivity (Wildman–Crippen MR) is 76.9 cm³/mol. The van der Waals surface area contributed by atoms with Crippen LogP contribution in [0.3, 0.4) is 0 Å². The van der Waals surface area contributed by atoms with E-state index in [1.807, 2.05) is 0 Å². The van der Waals surface area contributed by atoms with E-state index in [4.69, 9.17) is 0 Å². The molecule has 3 aromatic rings. The summed E-state index contributed by atoms with van der Waals surface area (Å²) in [5.41, 5.74) is -0.486.